The summed E-state index contributed by atoms with van der Waals surface area (Å²) in [5, 5.41) is 6.75. The molecule has 0 aliphatic heterocycles. The molecule has 2 amide bonds. The van der Waals surface area contributed by atoms with Gasteiger partial charge in [-0.1, -0.05) is 84.9 Å². The highest BCUT2D eigenvalue weighted by Gasteiger charge is 2.26. The molecular formula is C31H36N2O5S. The summed E-state index contributed by atoms with van der Waals surface area (Å²) in [6, 6.07) is 25.7. The van der Waals surface area contributed by atoms with Crippen molar-refractivity contribution in [3.63, 3.8) is 0 Å². The van der Waals surface area contributed by atoms with Gasteiger partial charge >= 0.3 is 6.09 Å². The van der Waals surface area contributed by atoms with Gasteiger partial charge in [0.15, 0.2) is 9.84 Å². The molecule has 0 saturated carbocycles. The highest BCUT2D eigenvalue weighted by molar-refractivity contribution is 7.94. The van der Waals surface area contributed by atoms with Crippen molar-refractivity contribution >= 4 is 21.8 Å². The monoisotopic (exact) mass is 548 g/mol. The summed E-state index contributed by atoms with van der Waals surface area (Å²) < 4.78 is 31.1. The fourth-order valence-electron chi connectivity index (χ4n) is 3.86. The van der Waals surface area contributed by atoms with Gasteiger partial charge in [-0.2, -0.15) is 0 Å². The minimum absolute atomic E-state index is 0.169. The number of nitrogens with one attached hydrogen (secondary N) is 2. The number of carbonyl (C=O) groups excluding carboxylic acids is 2. The van der Waals surface area contributed by atoms with Crippen molar-refractivity contribution in [3.8, 4) is 0 Å². The van der Waals surface area contributed by atoms with Crippen LogP contribution in [-0.4, -0.2) is 38.1 Å². The van der Waals surface area contributed by atoms with E-state index in [9.17, 15) is 18.0 Å². The molecule has 39 heavy (non-hydrogen) atoms. The normalized spacial score (nSPS) is 13.4. The molecule has 0 saturated heterocycles. The van der Waals surface area contributed by atoms with Crippen molar-refractivity contribution in [3.05, 3.63) is 114 Å². The van der Waals surface area contributed by atoms with Crippen molar-refractivity contribution in [2.75, 3.05) is 0 Å². The standard InChI is InChI=1S/C31H36N2O5S/c1-31(2,3)38-30(35)33-28(23-25-15-9-5-10-16-25)29(34)32-26(20-19-24-13-7-4-8-14-24)21-22-39(36,37)27-17-11-6-12-18-27/h4-18,21-22,26,28H,19-20,23H2,1-3H3,(H,32,34)(H,33,35)/t26-,28?/m0/s1. The summed E-state index contributed by atoms with van der Waals surface area (Å²) in [7, 11) is -3.70. The molecule has 0 heterocycles. The first kappa shape index (κ1) is 29.6. The molecule has 0 aliphatic rings. The van der Waals surface area contributed by atoms with Crippen LogP contribution in [0.4, 0.5) is 4.79 Å². The van der Waals surface area contributed by atoms with Crippen molar-refractivity contribution in [1.82, 2.24) is 10.6 Å². The van der Waals surface area contributed by atoms with Crippen LogP contribution in [0.25, 0.3) is 0 Å². The van der Waals surface area contributed by atoms with Crippen LogP contribution in [0.2, 0.25) is 0 Å². The van der Waals surface area contributed by atoms with Crippen LogP contribution >= 0.6 is 0 Å². The third-order valence-electron chi connectivity index (χ3n) is 5.77. The first-order chi connectivity index (χ1) is 18.5. The predicted octanol–water partition coefficient (Wildman–Crippen LogP) is 5.23. The van der Waals surface area contributed by atoms with Gasteiger partial charge in [-0.05, 0) is 56.9 Å². The summed E-state index contributed by atoms with van der Waals surface area (Å²) in [6.45, 7) is 5.24. The van der Waals surface area contributed by atoms with E-state index in [0.29, 0.717) is 12.8 Å². The zero-order chi connectivity index (χ0) is 28.3. The number of rotatable bonds is 11. The van der Waals surface area contributed by atoms with E-state index in [4.69, 9.17) is 4.74 Å². The molecule has 0 bridgehead atoms. The molecule has 0 spiro atoms. The van der Waals surface area contributed by atoms with Gasteiger partial charge in [0, 0.05) is 17.9 Å². The molecule has 3 aromatic rings. The fraction of sp³-hybridized carbons (Fsp3) is 0.290. The molecule has 1 unspecified atom stereocenters. The number of aryl methyl sites for hydroxylation is 1. The van der Waals surface area contributed by atoms with E-state index in [2.05, 4.69) is 10.6 Å². The van der Waals surface area contributed by atoms with E-state index < -0.39 is 39.5 Å². The average molecular weight is 549 g/mol. The number of ether oxygens (including phenoxy) is 1. The molecule has 0 aromatic heterocycles. The second-order valence-corrected chi connectivity index (χ2v) is 12.0. The molecule has 2 atom stereocenters. The maximum absolute atomic E-state index is 13.5. The number of hydrogen-bond donors (Lipinski definition) is 2. The Balaban J connectivity index is 1.82. The van der Waals surface area contributed by atoms with E-state index in [0.717, 1.165) is 16.5 Å². The Kier molecular flexibility index (Phi) is 10.5. The Hall–Kier alpha value is -3.91. The van der Waals surface area contributed by atoms with Crippen molar-refractivity contribution in [1.29, 1.82) is 0 Å². The molecule has 0 fully saturated rings. The van der Waals surface area contributed by atoms with E-state index in [1.165, 1.54) is 18.2 Å². The Labute approximate surface area is 231 Å². The summed E-state index contributed by atoms with van der Waals surface area (Å²) in [5.74, 6) is -0.440. The van der Waals surface area contributed by atoms with Gasteiger partial charge in [0.1, 0.15) is 11.6 Å². The van der Waals surface area contributed by atoms with Crippen LogP contribution < -0.4 is 10.6 Å². The Morgan fingerprint density at radius 3 is 1.92 bits per heavy atom. The lowest BCUT2D eigenvalue weighted by molar-refractivity contribution is -0.123. The maximum Gasteiger partial charge on any atom is 0.408 e. The van der Waals surface area contributed by atoms with Crippen LogP contribution in [0.5, 0.6) is 0 Å². The number of hydrogen-bond acceptors (Lipinski definition) is 5. The number of carbonyl (C=O) groups is 2. The lowest BCUT2D eigenvalue weighted by Gasteiger charge is -2.25. The molecule has 8 heteroatoms. The van der Waals surface area contributed by atoms with Gasteiger partial charge < -0.3 is 15.4 Å². The minimum Gasteiger partial charge on any atom is -0.444 e. The summed E-state index contributed by atoms with van der Waals surface area (Å²) in [4.78, 5) is 26.2. The Bertz CT molecular complexity index is 1340. The van der Waals surface area contributed by atoms with Crippen molar-refractivity contribution in [2.24, 2.45) is 0 Å². The highest BCUT2D eigenvalue weighted by atomic mass is 32.2. The largest absolute Gasteiger partial charge is 0.444 e. The predicted molar refractivity (Wildman–Crippen MR) is 153 cm³/mol. The molecule has 0 aliphatic carbocycles. The number of sulfone groups is 1. The van der Waals surface area contributed by atoms with Gasteiger partial charge in [-0.3, -0.25) is 4.79 Å². The summed E-state index contributed by atoms with van der Waals surface area (Å²) >= 11 is 0. The van der Waals surface area contributed by atoms with Crippen molar-refractivity contribution in [2.45, 2.75) is 62.6 Å². The smallest absolute Gasteiger partial charge is 0.408 e. The molecule has 206 valence electrons. The lowest BCUT2D eigenvalue weighted by atomic mass is 10.0. The van der Waals surface area contributed by atoms with Gasteiger partial charge in [-0.25, -0.2) is 13.2 Å². The number of alkyl carbamates (subject to hydrolysis) is 1. The highest BCUT2D eigenvalue weighted by Crippen LogP contribution is 2.14. The van der Waals surface area contributed by atoms with Crippen LogP contribution in [0, 0.1) is 0 Å². The van der Waals surface area contributed by atoms with Gasteiger partial charge in [0.05, 0.1) is 4.90 Å². The third-order valence-corrected chi connectivity index (χ3v) is 7.21. The van der Waals surface area contributed by atoms with E-state index in [-0.39, 0.29) is 11.3 Å². The fourth-order valence-corrected chi connectivity index (χ4v) is 4.95. The molecular weight excluding hydrogens is 512 g/mol. The van der Waals surface area contributed by atoms with Crippen LogP contribution in [-0.2, 0) is 32.2 Å². The third kappa shape index (κ3) is 10.4. The summed E-state index contributed by atoms with van der Waals surface area (Å²) in [5.41, 5.74) is 1.19. The molecule has 3 rings (SSSR count). The molecule has 7 nitrogen and oxygen atoms in total. The zero-order valence-corrected chi connectivity index (χ0v) is 23.4. The Morgan fingerprint density at radius 1 is 0.821 bits per heavy atom. The average Bonchev–Trinajstić information content (AvgIpc) is 2.90. The number of amides is 2. The van der Waals surface area contributed by atoms with E-state index in [1.54, 1.807) is 39.0 Å². The molecule has 3 aromatic carbocycles. The maximum atomic E-state index is 13.5. The second kappa shape index (κ2) is 13.8. The minimum atomic E-state index is -3.70. The first-order valence-electron chi connectivity index (χ1n) is 12.9. The lowest BCUT2D eigenvalue weighted by Crippen LogP contribution is -2.51. The molecule has 0 radical (unpaired) electrons. The quantitative estimate of drug-likeness (QED) is 0.342. The van der Waals surface area contributed by atoms with Crippen LogP contribution in [0.3, 0.4) is 0 Å². The Morgan fingerprint density at radius 2 is 1.36 bits per heavy atom. The van der Waals surface area contributed by atoms with E-state index >= 15 is 0 Å². The van der Waals surface area contributed by atoms with Crippen molar-refractivity contribution < 1.29 is 22.7 Å². The SMILES string of the molecule is CC(C)(C)OC(=O)NC(Cc1ccccc1)C(=O)N[C@H](C=CS(=O)(=O)c1ccccc1)CCc1ccccc1. The van der Waals surface area contributed by atoms with Gasteiger partial charge in [-0.15, -0.1) is 0 Å². The van der Waals surface area contributed by atoms with Crippen LogP contribution in [0.1, 0.15) is 38.3 Å². The van der Waals surface area contributed by atoms with E-state index in [1.807, 2.05) is 60.7 Å². The summed E-state index contributed by atoms with van der Waals surface area (Å²) in [6.07, 6.45) is 2.10. The van der Waals surface area contributed by atoms with Crippen LogP contribution in [0.15, 0.2) is 107 Å². The van der Waals surface area contributed by atoms with Gasteiger partial charge in [0.2, 0.25) is 5.91 Å². The molecule has 2 N–H and O–H groups in total. The number of benzene rings is 3. The van der Waals surface area contributed by atoms with Gasteiger partial charge in [0.25, 0.3) is 0 Å². The topological polar surface area (TPSA) is 102 Å². The first-order valence-corrected chi connectivity index (χ1v) is 14.4. The second-order valence-electron chi connectivity index (χ2n) is 10.2. The zero-order valence-electron chi connectivity index (χ0n) is 22.5.